The molecule has 22 heavy (non-hydrogen) atoms. The fraction of sp³-hybridized carbons (Fsp3) is 0.800. The highest BCUT2D eigenvalue weighted by Gasteiger charge is 2.21. The molecule has 0 amide bonds. The van der Waals surface area contributed by atoms with E-state index >= 15 is 0 Å². The Morgan fingerprint density at radius 3 is 2.09 bits per heavy atom. The van der Waals surface area contributed by atoms with Crippen molar-refractivity contribution in [3.8, 4) is 0 Å². The predicted octanol–water partition coefficient (Wildman–Crippen LogP) is 5.34. The van der Waals surface area contributed by atoms with E-state index in [0.29, 0.717) is 23.2 Å². The molecule has 2 heteroatoms. The smallest absolute Gasteiger partial charge is 0.0195 e. The third-order valence-electron chi connectivity index (χ3n) is 4.59. The first-order chi connectivity index (χ1) is 10.1. The minimum absolute atomic E-state index is 0.297. The minimum atomic E-state index is 0.297. The van der Waals surface area contributed by atoms with Crippen LogP contribution in [0.2, 0.25) is 0 Å². The lowest BCUT2D eigenvalue weighted by molar-refractivity contribution is 0.261. The van der Waals surface area contributed by atoms with Crippen LogP contribution in [-0.4, -0.2) is 13.1 Å². The summed E-state index contributed by atoms with van der Waals surface area (Å²) < 4.78 is 0. The van der Waals surface area contributed by atoms with Gasteiger partial charge in [0.2, 0.25) is 0 Å². The molecule has 0 saturated heterocycles. The van der Waals surface area contributed by atoms with Crippen LogP contribution in [0.4, 0.5) is 0 Å². The fourth-order valence-corrected chi connectivity index (χ4v) is 2.57. The van der Waals surface area contributed by atoms with Crippen molar-refractivity contribution >= 4 is 0 Å². The molecule has 0 heterocycles. The first-order valence-corrected chi connectivity index (χ1v) is 8.94. The number of allylic oxidation sites excluding steroid dienone is 2. The standard InChI is InChI=1S/C20H40N2/c1-10-17(5)19(7)21-12-11-16(4)13-20(8,9)14-22-18(6)15(2)3/h15-17,21-22H,6-7,10-14H2,1-5,8-9H3. The van der Waals surface area contributed by atoms with Gasteiger partial charge in [-0.25, -0.2) is 0 Å². The molecule has 2 nitrogen and oxygen atoms in total. The zero-order chi connectivity index (χ0) is 17.3. The molecule has 0 aromatic carbocycles. The van der Waals surface area contributed by atoms with E-state index in [-0.39, 0.29) is 0 Å². The van der Waals surface area contributed by atoms with Crippen molar-refractivity contribution in [2.45, 2.75) is 67.7 Å². The van der Waals surface area contributed by atoms with Gasteiger partial charge in [0.15, 0.2) is 0 Å². The van der Waals surface area contributed by atoms with Gasteiger partial charge in [0, 0.05) is 24.5 Å². The minimum Gasteiger partial charge on any atom is -0.389 e. The maximum Gasteiger partial charge on any atom is 0.0195 e. The van der Waals surface area contributed by atoms with Gasteiger partial charge in [-0.15, -0.1) is 0 Å². The quantitative estimate of drug-likeness (QED) is 0.508. The topological polar surface area (TPSA) is 24.1 Å². The van der Waals surface area contributed by atoms with E-state index in [0.717, 1.165) is 25.2 Å². The number of hydrogen-bond acceptors (Lipinski definition) is 2. The second-order valence-corrected chi connectivity index (χ2v) is 8.06. The molecule has 0 aliphatic rings. The van der Waals surface area contributed by atoms with Crippen LogP contribution in [0, 0.1) is 23.2 Å². The van der Waals surface area contributed by atoms with E-state index in [1.54, 1.807) is 0 Å². The van der Waals surface area contributed by atoms with Gasteiger partial charge in [0.25, 0.3) is 0 Å². The van der Waals surface area contributed by atoms with Gasteiger partial charge in [-0.3, -0.25) is 0 Å². The lowest BCUT2D eigenvalue weighted by Crippen LogP contribution is -2.32. The van der Waals surface area contributed by atoms with Gasteiger partial charge >= 0.3 is 0 Å². The first-order valence-electron chi connectivity index (χ1n) is 8.94. The van der Waals surface area contributed by atoms with E-state index < -0.39 is 0 Å². The molecule has 0 radical (unpaired) electrons. The van der Waals surface area contributed by atoms with Crippen molar-refractivity contribution in [1.29, 1.82) is 0 Å². The van der Waals surface area contributed by atoms with Crippen LogP contribution in [0.3, 0.4) is 0 Å². The van der Waals surface area contributed by atoms with Crippen LogP contribution >= 0.6 is 0 Å². The maximum absolute atomic E-state index is 4.13. The molecular weight excluding hydrogens is 268 g/mol. The van der Waals surface area contributed by atoms with Crippen molar-refractivity contribution in [1.82, 2.24) is 10.6 Å². The van der Waals surface area contributed by atoms with Gasteiger partial charge in [-0.05, 0) is 42.4 Å². The average molecular weight is 309 g/mol. The van der Waals surface area contributed by atoms with Crippen molar-refractivity contribution in [2.75, 3.05) is 13.1 Å². The van der Waals surface area contributed by atoms with Crippen molar-refractivity contribution in [3.63, 3.8) is 0 Å². The van der Waals surface area contributed by atoms with Gasteiger partial charge in [0.05, 0.1) is 0 Å². The van der Waals surface area contributed by atoms with E-state index in [1.807, 2.05) is 0 Å². The van der Waals surface area contributed by atoms with Gasteiger partial charge in [-0.2, -0.15) is 0 Å². The van der Waals surface area contributed by atoms with Crippen molar-refractivity contribution in [3.05, 3.63) is 24.6 Å². The zero-order valence-electron chi connectivity index (χ0n) is 16.2. The highest BCUT2D eigenvalue weighted by atomic mass is 14.9. The zero-order valence-corrected chi connectivity index (χ0v) is 16.2. The van der Waals surface area contributed by atoms with E-state index in [2.05, 4.69) is 72.3 Å². The summed E-state index contributed by atoms with van der Waals surface area (Å²) in [7, 11) is 0. The number of nitrogens with one attached hydrogen (secondary N) is 2. The third-order valence-corrected chi connectivity index (χ3v) is 4.59. The Bertz CT molecular complexity index is 342. The average Bonchev–Trinajstić information content (AvgIpc) is 2.42. The van der Waals surface area contributed by atoms with E-state index in [4.69, 9.17) is 0 Å². The Hall–Kier alpha value is -0.920. The van der Waals surface area contributed by atoms with E-state index in [9.17, 15) is 0 Å². The SMILES string of the molecule is C=C(NCC(C)(C)CC(C)CCNC(=C)C(C)CC)C(C)C. The van der Waals surface area contributed by atoms with Crippen LogP contribution in [0.5, 0.6) is 0 Å². The molecular formula is C20H40N2. The number of rotatable bonds is 12. The summed E-state index contributed by atoms with van der Waals surface area (Å²) in [5, 5.41) is 6.99. The predicted molar refractivity (Wildman–Crippen MR) is 101 cm³/mol. The van der Waals surface area contributed by atoms with Crippen LogP contribution in [0.1, 0.15) is 67.7 Å². The Labute approximate surface area is 139 Å². The summed E-state index contributed by atoms with van der Waals surface area (Å²) in [5.74, 6) is 1.78. The highest BCUT2D eigenvalue weighted by Crippen LogP contribution is 2.26. The molecule has 2 N–H and O–H groups in total. The Kier molecular flexibility index (Phi) is 9.55. The van der Waals surface area contributed by atoms with Crippen LogP contribution in [0.15, 0.2) is 24.6 Å². The highest BCUT2D eigenvalue weighted by molar-refractivity contribution is 4.96. The molecule has 0 saturated carbocycles. The van der Waals surface area contributed by atoms with Crippen LogP contribution in [0.25, 0.3) is 0 Å². The van der Waals surface area contributed by atoms with Crippen molar-refractivity contribution in [2.24, 2.45) is 23.2 Å². The summed E-state index contributed by atoms with van der Waals surface area (Å²) in [6, 6.07) is 0. The molecule has 0 aromatic heterocycles. The van der Waals surface area contributed by atoms with Crippen LogP contribution in [-0.2, 0) is 0 Å². The Morgan fingerprint density at radius 2 is 1.59 bits per heavy atom. The molecule has 2 unspecified atom stereocenters. The van der Waals surface area contributed by atoms with Crippen LogP contribution < -0.4 is 10.6 Å². The van der Waals surface area contributed by atoms with Gasteiger partial charge < -0.3 is 10.6 Å². The lowest BCUT2D eigenvalue weighted by Gasteiger charge is -2.30. The number of hydrogen-bond donors (Lipinski definition) is 2. The summed E-state index contributed by atoms with van der Waals surface area (Å²) in [5.41, 5.74) is 2.63. The molecule has 0 aliphatic carbocycles. The molecule has 2 atom stereocenters. The second kappa shape index (κ2) is 9.97. The Balaban J connectivity index is 4.05. The Morgan fingerprint density at radius 1 is 1.00 bits per heavy atom. The molecule has 0 aromatic rings. The molecule has 130 valence electrons. The molecule has 0 aliphatic heterocycles. The largest absolute Gasteiger partial charge is 0.389 e. The fourth-order valence-electron chi connectivity index (χ4n) is 2.57. The molecule has 0 spiro atoms. The molecule has 0 fully saturated rings. The van der Waals surface area contributed by atoms with E-state index in [1.165, 1.54) is 18.5 Å². The molecule has 0 rings (SSSR count). The maximum atomic E-state index is 4.13. The summed E-state index contributed by atoms with van der Waals surface area (Å²) in [6.07, 6.45) is 3.58. The summed E-state index contributed by atoms with van der Waals surface area (Å²) in [6.45, 7) is 26.1. The normalized spacial score (nSPS) is 14.5. The van der Waals surface area contributed by atoms with Crippen molar-refractivity contribution < 1.29 is 0 Å². The summed E-state index contributed by atoms with van der Waals surface area (Å²) in [4.78, 5) is 0. The van der Waals surface area contributed by atoms with Gasteiger partial charge in [-0.1, -0.05) is 61.6 Å². The summed E-state index contributed by atoms with van der Waals surface area (Å²) >= 11 is 0. The third kappa shape index (κ3) is 9.17. The lowest BCUT2D eigenvalue weighted by atomic mass is 9.82. The van der Waals surface area contributed by atoms with Gasteiger partial charge in [0.1, 0.15) is 0 Å². The molecule has 0 bridgehead atoms. The first kappa shape index (κ1) is 21.1. The monoisotopic (exact) mass is 308 g/mol. The second-order valence-electron chi connectivity index (χ2n) is 8.06.